The van der Waals surface area contributed by atoms with E-state index in [9.17, 15) is 13.2 Å². The Kier molecular flexibility index (Phi) is 6.65. The Balaban J connectivity index is 1.94. The molecule has 0 aromatic carbocycles. The van der Waals surface area contributed by atoms with Crippen LogP contribution < -0.4 is 5.32 Å². The number of amides is 1. The molecule has 0 aliphatic carbocycles. The molecule has 130 valence electrons. The SMILES string of the molecule is CCCNC(=O)[C@H](C)C1CCN(S(=O)(=O)c2ccc(Br)s2)CC1. The van der Waals surface area contributed by atoms with Crippen LogP contribution in [0.15, 0.2) is 20.1 Å². The lowest BCUT2D eigenvalue weighted by Gasteiger charge is -2.33. The average molecular weight is 423 g/mol. The van der Waals surface area contributed by atoms with E-state index < -0.39 is 10.0 Å². The van der Waals surface area contributed by atoms with Gasteiger partial charge in [-0.05, 0) is 53.2 Å². The molecule has 1 saturated heterocycles. The van der Waals surface area contributed by atoms with Gasteiger partial charge in [-0.2, -0.15) is 4.31 Å². The van der Waals surface area contributed by atoms with Crippen molar-refractivity contribution in [3.05, 3.63) is 15.9 Å². The molecule has 1 N–H and O–H groups in total. The van der Waals surface area contributed by atoms with Gasteiger partial charge in [0.25, 0.3) is 10.0 Å². The van der Waals surface area contributed by atoms with Crippen molar-refractivity contribution in [2.75, 3.05) is 19.6 Å². The summed E-state index contributed by atoms with van der Waals surface area (Å²) in [5.74, 6) is 0.256. The molecule has 0 radical (unpaired) electrons. The van der Waals surface area contributed by atoms with Gasteiger partial charge in [0.15, 0.2) is 0 Å². The molecule has 0 spiro atoms. The van der Waals surface area contributed by atoms with E-state index in [0.717, 1.165) is 23.0 Å². The standard InChI is InChI=1S/C15H23BrN2O3S2/c1-3-8-17-15(19)11(2)12-6-9-18(10-7-12)23(20,21)14-5-4-13(16)22-14/h4-5,11-12H,3,6-10H2,1-2H3,(H,17,19)/t11-/m1/s1. The fourth-order valence-corrected chi connectivity index (χ4v) is 6.44. The van der Waals surface area contributed by atoms with Crippen LogP contribution in [0, 0.1) is 11.8 Å². The molecule has 0 unspecified atom stereocenters. The van der Waals surface area contributed by atoms with Crippen molar-refractivity contribution in [1.82, 2.24) is 9.62 Å². The van der Waals surface area contributed by atoms with E-state index in [2.05, 4.69) is 21.2 Å². The maximum atomic E-state index is 12.6. The first-order valence-corrected chi connectivity index (χ1v) is 10.9. The number of carbonyl (C=O) groups is 1. The molecule has 23 heavy (non-hydrogen) atoms. The third kappa shape index (κ3) is 4.55. The van der Waals surface area contributed by atoms with E-state index >= 15 is 0 Å². The zero-order chi connectivity index (χ0) is 17.0. The highest BCUT2D eigenvalue weighted by molar-refractivity contribution is 9.11. The van der Waals surface area contributed by atoms with Crippen molar-refractivity contribution in [2.24, 2.45) is 11.8 Å². The summed E-state index contributed by atoms with van der Waals surface area (Å²) in [6.07, 6.45) is 2.38. The molecule has 1 aliphatic heterocycles. The largest absolute Gasteiger partial charge is 0.356 e. The van der Waals surface area contributed by atoms with Crippen LogP contribution in [-0.4, -0.2) is 38.3 Å². The van der Waals surface area contributed by atoms with Crippen LogP contribution in [0.2, 0.25) is 0 Å². The van der Waals surface area contributed by atoms with Gasteiger partial charge in [-0.25, -0.2) is 8.42 Å². The summed E-state index contributed by atoms with van der Waals surface area (Å²) in [7, 11) is -3.40. The predicted molar refractivity (Wildman–Crippen MR) is 96.0 cm³/mol. The van der Waals surface area contributed by atoms with Gasteiger partial charge in [0.05, 0.1) is 3.79 Å². The van der Waals surface area contributed by atoms with Crippen molar-refractivity contribution in [2.45, 2.75) is 37.3 Å². The van der Waals surface area contributed by atoms with Crippen molar-refractivity contribution in [1.29, 1.82) is 0 Å². The predicted octanol–water partition coefficient (Wildman–Crippen LogP) is 3.07. The number of thiophene rings is 1. The minimum Gasteiger partial charge on any atom is -0.356 e. The summed E-state index contributed by atoms with van der Waals surface area (Å²) in [5.41, 5.74) is 0. The first-order chi connectivity index (χ1) is 10.9. The summed E-state index contributed by atoms with van der Waals surface area (Å²) in [5, 5.41) is 2.93. The van der Waals surface area contributed by atoms with Crippen molar-refractivity contribution in [3.63, 3.8) is 0 Å². The van der Waals surface area contributed by atoms with E-state index in [-0.39, 0.29) is 17.7 Å². The molecule has 2 heterocycles. The van der Waals surface area contributed by atoms with Crippen LogP contribution in [0.1, 0.15) is 33.1 Å². The molecular weight excluding hydrogens is 400 g/mol. The van der Waals surface area contributed by atoms with Crippen LogP contribution >= 0.6 is 27.3 Å². The van der Waals surface area contributed by atoms with Gasteiger partial charge in [0.2, 0.25) is 5.91 Å². The number of halogens is 1. The molecule has 1 aliphatic rings. The maximum Gasteiger partial charge on any atom is 0.252 e. The minimum absolute atomic E-state index is 0.0673. The second-order valence-corrected chi connectivity index (χ2v) is 10.5. The molecule has 0 bridgehead atoms. The second kappa shape index (κ2) is 8.09. The molecule has 8 heteroatoms. The first kappa shape index (κ1) is 18.9. The quantitative estimate of drug-likeness (QED) is 0.765. The van der Waals surface area contributed by atoms with E-state index in [1.807, 2.05) is 13.8 Å². The summed E-state index contributed by atoms with van der Waals surface area (Å²) in [6, 6.07) is 3.39. The Hall–Kier alpha value is -0.440. The minimum atomic E-state index is -3.40. The van der Waals surface area contributed by atoms with Crippen LogP contribution in [-0.2, 0) is 14.8 Å². The molecule has 1 fully saturated rings. The van der Waals surface area contributed by atoms with E-state index in [1.165, 1.54) is 11.3 Å². The zero-order valence-electron chi connectivity index (χ0n) is 13.4. The fourth-order valence-electron chi connectivity index (χ4n) is 2.80. The van der Waals surface area contributed by atoms with Gasteiger partial charge in [-0.1, -0.05) is 13.8 Å². The number of nitrogens with one attached hydrogen (secondary N) is 1. The van der Waals surface area contributed by atoms with Gasteiger partial charge in [-0.3, -0.25) is 4.79 Å². The Morgan fingerprint density at radius 2 is 2.09 bits per heavy atom. The maximum absolute atomic E-state index is 12.6. The number of carbonyl (C=O) groups excluding carboxylic acids is 1. The number of nitrogens with zero attached hydrogens (tertiary/aromatic N) is 1. The molecule has 2 rings (SSSR count). The molecule has 5 nitrogen and oxygen atoms in total. The third-order valence-electron chi connectivity index (χ3n) is 4.31. The van der Waals surface area contributed by atoms with Gasteiger partial charge in [-0.15, -0.1) is 11.3 Å². The number of hydrogen-bond donors (Lipinski definition) is 1. The van der Waals surface area contributed by atoms with Crippen molar-refractivity contribution in [3.8, 4) is 0 Å². The Labute approximate surface area is 150 Å². The first-order valence-electron chi connectivity index (χ1n) is 7.89. The normalized spacial score (nSPS) is 18.7. The van der Waals surface area contributed by atoms with E-state index in [4.69, 9.17) is 0 Å². The van der Waals surface area contributed by atoms with Crippen LogP contribution in [0.3, 0.4) is 0 Å². The molecule has 1 aromatic rings. The summed E-state index contributed by atoms with van der Waals surface area (Å²) in [4.78, 5) is 12.1. The number of rotatable bonds is 6. The summed E-state index contributed by atoms with van der Waals surface area (Å²) >= 11 is 4.54. The summed E-state index contributed by atoms with van der Waals surface area (Å²) < 4.78 is 27.9. The smallest absolute Gasteiger partial charge is 0.252 e. The fraction of sp³-hybridized carbons (Fsp3) is 0.667. The number of piperidine rings is 1. The van der Waals surface area contributed by atoms with Crippen LogP contribution in [0.5, 0.6) is 0 Å². The lowest BCUT2D eigenvalue weighted by molar-refractivity contribution is -0.126. The molecular formula is C15H23BrN2O3S2. The molecule has 0 saturated carbocycles. The van der Waals surface area contributed by atoms with Crippen LogP contribution in [0.4, 0.5) is 0 Å². The molecule has 1 aromatic heterocycles. The highest BCUT2D eigenvalue weighted by Gasteiger charge is 2.33. The molecule has 1 atom stereocenters. The second-order valence-electron chi connectivity index (χ2n) is 5.88. The lowest BCUT2D eigenvalue weighted by Crippen LogP contribution is -2.42. The van der Waals surface area contributed by atoms with Crippen molar-refractivity contribution < 1.29 is 13.2 Å². The van der Waals surface area contributed by atoms with E-state index in [1.54, 1.807) is 16.4 Å². The van der Waals surface area contributed by atoms with Crippen LogP contribution in [0.25, 0.3) is 0 Å². The third-order valence-corrected chi connectivity index (χ3v) is 8.30. The average Bonchev–Trinajstić information content (AvgIpc) is 2.99. The monoisotopic (exact) mass is 422 g/mol. The highest BCUT2D eigenvalue weighted by Crippen LogP contribution is 2.32. The number of hydrogen-bond acceptors (Lipinski definition) is 4. The Morgan fingerprint density at radius 3 is 2.61 bits per heavy atom. The number of sulfonamides is 1. The lowest BCUT2D eigenvalue weighted by atomic mass is 9.85. The van der Waals surface area contributed by atoms with Crippen molar-refractivity contribution >= 4 is 43.2 Å². The van der Waals surface area contributed by atoms with Gasteiger partial charge >= 0.3 is 0 Å². The topological polar surface area (TPSA) is 66.5 Å². The van der Waals surface area contributed by atoms with Gasteiger partial charge < -0.3 is 5.32 Å². The molecule has 1 amide bonds. The Morgan fingerprint density at radius 1 is 1.43 bits per heavy atom. The summed E-state index contributed by atoms with van der Waals surface area (Å²) in [6.45, 7) is 5.62. The zero-order valence-corrected chi connectivity index (χ0v) is 16.6. The van der Waals surface area contributed by atoms with E-state index in [0.29, 0.717) is 23.8 Å². The van der Waals surface area contributed by atoms with Gasteiger partial charge in [0, 0.05) is 25.6 Å². The Bertz CT molecular complexity index is 637. The van der Waals surface area contributed by atoms with Gasteiger partial charge in [0.1, 0.15) is 4.21 Å². The highest BCUT2D eigenvalue weighted by atomic mass is 79.9.